The van der Waals surface area contributed by atoms with Gasteiger partial charge in [0.2, 0.25) is 10.0 Å². The third kappa shape index (κ3) is 7.22. The van der Waals surface area contributed by atoms with E-state index in [2.05, 4.69) is 4.72 Å². The Kier molecular flexibility index (Phi) is 8.83. The van der Waals surface area contributed by atoms with Crippen molar-refractivity contribution in [1.82, 2.24) is 14.5 Å². The highest BCUT2D eigenvalue weighted by molar-refractivity contribution is 7.89. The van der Waals surface area contributed by atoms with Gasteiger partial charge in [0.1, 0.15) is 10.7 Å². The lowest BCUT2D eigenvalue weighted by atomic mass is 10.1. The van der Waals surface area contributed by atoms with E-state index in [0.717, 1.165) is 18.4 Å². The lowest BCUT2D eigenvalue weighted by Crippen LogP contribution is -2.36. The smallest absolute Gasteiger partial charge is 0.254 e. The minimum atomic E-state index is -3.93. The van der Waals surface area contributed by atoms with Gasteiger partial charge in [0.15, 0.2) is 0 Å². The zero-order valence-electron chi connectivity index (χ0n) is 18.8. The summed E-state index contributed by atoms with van der Waals surface area (Å²) in [6.07, 6.45) is 1.52. The van der Waals surface area contributed by atoms with E-state index in [1.807, 2.05) is 19.0 Å². The van der Waals surface area contributed by atoms with E-state index in [1.54, 1.807) is 17.0 Å². The number of nitrogens with one attached hydrogen (secondary N) is 1. The van der Waals surface area contributed by atoms with Crippen molar-refractivity contribution < 1.29 is 22.3 Å². The molecule has 0 spiro atoms. The summed E-state index contributed by atoms with van der Waals surface area (Å²) in [5.41, 5.74) is 0.973. The van der Waals surface area contributed by atoms with Gasteiger partial charge in [-0.3, -0.25) is 4.79 Å². The molecule has 1 unspecified atom stereocenters. The van der Waals surface area contributed by atoms with Gasteiger partial charge in [-0.1, -0.05) is 23.7 Å². The number of halogens is 2. The first-order chi connectivity index (χ1) is 15.7. The molecule has 1 N–H and O–H groups in total. The Hall–Kier alpha value is -2.04. The summed E-state index contributed by atoms with van der Waals surface area (Å²) in [6.45, 7) is 2.04. The second-order valence-corrected chi connectivity index (χ2v) is 10.4. The quantitative estimate of drug-likeness (QED) is 0.545. The van der Waals surface area contributed by atoms with Crippen LogP contribution in [-0.4, -0.2) is 70.6 Å². The third-order valence-electron chi connectivity index (χ3n) is 5.38. The van der Waals surface area contributed by atoms with E-state index >= 15 is 0 Å². The van der Waals surface area contributed by atoms with Crippen molar-refractivity contribution in [3.8, 4) is 0 Å². The highest BCUT2D eigenvalue weighted by Gasteiger charge is 2.25. The maximum absolute atomic E-state index is 13.3. The van der Waals surface area contributed by atoms with Gasteiger partial charge in [0, 0.05) is 38.3 Å². The number of nitrogens with zero attached hydrogens (tertiary/aromatic N) is 2. The van der Waals surface area contributed by atoms with E-state index < -0.39 is 10.0 Å². The van der Waals surface area contributed by atoms with Crippen LogP contribution < -0.4 is 4.72 Å². The van der Waals surface area contributed by atoms with E-state index in [4.69, 9.17) is 16.3 Å². The molecular formula is C23H29ClFN3O4S. The highest BCUT2D eigenvalue weighted by Crippen LogP contribution is 2.24. The van der Waals surface area contributed by atoms with Gasteiger partial charge >= 0.3 is 0 Å². The molecule has 2 aromatic rings. The van der Waals surface area contributed by atoms with Gasteiger partial charge in [-0.15, -0.1) is 0 Å². The SMILES string of the molecule is CN(C)CCN(Cc1ccc(F)cc1)C(=O)c1ccc(Cl)c(S(=O)(=O)NCC2CCCO2)c1. The summed E-state index contributed by atoms with van der Waals surface area (Å²) in [5, 5.41) is 0.0322. The molecule has 1 amide bonds. The van der Waals surface area contributed by atoms with E-state index in [0.29, 0.717) is 19.7 Å². The number of ether oxygens (including phenoxy) is 1. The molecule has 1 aliphatic heterocycles. The second-order valence-electron chi connectivity index (χ2n) is 8.29. The summed E-state index contributed by atoms with van der Waals surface area (Å²) in [5.74, 6) is -0.693. The molecule has 1 saturated heterocycles. The van der Waals surface area contributed by atoms with Crippen LogP contribution in [0.1, 0.15) is 28.8 Å². The number of sulfonamides is 1. The first-order valence-corrected chi connectivity index (χ1v) is 12.6. The van der Waals surface area contributed by atoms with E-state index in [-0.39, 0.29) is 46.4 Å². The molecule has 0 bridgehead atoms. The Morgan fingerprint density at radius 3 is 2.55 bits per heavy atom. The standard InChI is InChI=1S/C23H29ClFN3O4S/c1-27(2)11-12-28(16-17-5-8-19(25)9-6-17)23(29)18-7-10-21(24)22(14-18)33(30,31)26-15-20-4-3-13-32-20/h5-10,14,20,26H,3-4,11-13,15-16H2,1-2H3. The fourth-order valence-corrected chi connectivity index (χ4v) is 5.08. The van der Waals surface area contributed by atoms with Gasteiger partial charge in [0.25, 0.3) is 5.91 Å². The molecule has 0 aliphatic carbocycles. The molecule has 1 atom stereocenters. The zero-order valence-corrected chi connectivity index (χ0v) is 20.3. The van der Waals surface area contributed by atoms with Crippen LogP contribution in [0.3, 0.4) is 0 Å². The van der Waals surface area contributed by atoms with E-state index in [1.165, 1.54) is 30.3 Å². The number of amides is 1. The lowest BCUT2D eigenvalue weighted by molar-refractivity contribution is 0.0731. The van der Waals surface area contributed by atoms with Gasteiger partial charge < -0.3 is 14.5 Å². The predicted octanol–water partition coefficient (Wildman–Crippen LogP) is 3.14. The monoisotopic (exact) mass is 497 g/mol. The number of hydrogen-bond donors (Lipinski definition) is 1. The maximum Gasteiger partial charge on any atom is 0.254 e. The van der Waals surface area contributed by atoms with Crippen molar-refractivity contribution in [2.24, 2.45) is 0 Å². The van der Waals surface area contributed by atoms with Gasteiger partial charge in [-0.2, -0.15) is 0 Å². The topological polar surface area (TPSA) is 79.0 Å². The molecule has 0 aromatic heterocycles. The molecule has 0 saturated carbocycles. The van der Waals surface area contributed by atoms with Crippen molar-refractivity contribution in [2.45, 2.75) is 30.4 Å². The van der Waals surface area contributed by atoms with Crippen LogP contribution >= 0.6 is 11.6 Å². The molecule has 3 rings (SSSR count). The van der Waals surface area contributed by atoms with Gasteiger partial charge in [-0.05, 0) is 62.8 Å². The van der Waals surface area contributed by atoms with Crippen LogP contribution in [-0.2, 0) is 21.3 Å². The fraction of sp³-hybridized carbons (Fsp3) is 0.435. The molecule has 180 valence electrons. The Morgan fingerprint density at radius 1 is 1.18 bits per heavy atom. The van der Waals surface area contributed by atoms with Crippen LogP contribution in [0.2, 0.25) is 5.02 Å². The number of carbonyl (C=O) groups is 1. The molecule has 2 aromatic carbocycles. The summed E-state index contributed by atoms with van der Waals surface area (Å²) >= 11 is 6.19. The fourth-order valence-electron chi connectivity index (χ4n) is 3.49. The first-order valence-electron chi connectivity index (χ1n) is 10.7. The molecule has 1 aliphatic rings. The summed E-state index contributed by atoms with van der Waals surface area (Å²) in [6, 6.07) is 10.2. The van der Waals surface area contributed by atoms with Crippen molar-refractivity contribution in [2.75, 3.05) is 40.3 Å². The summed E-state index contributed by atoms with van der Waals surface area (Å²) in [7, 11) is -0.140. The minimum Gasteiger partial charge on any atom is -0.377 e. The van der Waals surface area contributed by atoms with Crippen LogP contribution in [0, 0.1) is 5.82 Å². The average molecular weight is 498 g/mol. The second kappa shape index (κ2) is 11.4. The minimum absolute atomic E-state index is 0.0322. The normalized spacial score (nSPS) is 16.3. The van der Waals surface area contributed by atoms with Crippen molar-refractivity contribution in [1.29, 1.82) is 0 Å². The number of likely N-dealkylation sites (N-methyl/N-ethyl adjacent to an activating group) is 1. The molecule has 1 fully saturated rings. The largest absolute Gasteiger partial charge is 0.377 e. The van der Waals surface area contributed by atoms with Crippen molar-refractivity contribution in [3.05, 3.63) is 64.4 Å². The molecular weight excluding hydrogens is 469 g/mol. The number of benzene rings is 2. The number of rotatable bonds is 10. The Labute approximate surface area is 199 Å². The Morgan fingerprint density at radius 2 is 1.91 bits per heavy atom. The molecule has 33 heavy (non-hydrogen) atoms. The van der Waals surface area contributed by atoms with E-state index in [9.17, 15) is 17.6 Å². The number of carbonyl (C=O) groups excluding carboxylic acids is 1. The zero-order chi connectivity index (χ0) is 24.0. The lowest BCUT2D eigenvalue weighted by Gasteiger charge is -2.25. The molecule has 0 radical (unpaired) electrons. The Bertz CT molecular complexity index is 1060. The average Bonchev–Trinajstić information content (AvgIpc) is 3.30. The van der Waals surface area contributed by atoms with Crippen LogP contribution in [0.4, 0.5) is 4.39 Å². The number of hydrogen-bond acceptors (Lipinski definition) is 5. The summed E-state index contributed by atoms with van der Waals surface area (Å²) in [4.78, 5) is 16.7. The highest BCUT2D eigenvalue weighted by atomic mass is 35.5. The van der Waals surface area contributed by atoms with Crippen molar-refractivity contribution in [3.63, 3.8) is 0 Å². The molecule has 10 heteroatoms. The first kappa shape index (κ1) is 25.6. The van der Waals surface area contributed by atoms with Crippen LogP contribution in [0.5, 0.6) is 0 Å². The summed E-state index contributed by atoms with van der Waals surface area (Å²) < 4.78 is 47.0. The molecule has 7 nitrogen and oxygen atoms in total. The predicted molar refractivity (Wildman–Crippen MR) is 125 cm³/mol. The molecule has 1 heterocycles. The van der Waals surface area contributed by atoms with Crippen LogP contribution in [0.15, 0.2) is 47.4 Å². The maximum atomic E-state index is 13.3. The van der Waals surface area contributed by atoms with Crippen LogP contribution in [0.25, 0.3) is 0 Å². The third-order valence-corrected chi connectivity index (χ3v) is 7.29. The van der Waals surface area contributed by atoms with Gasteiger partial charge in [-0.25, -0.2) is 17.5 Å². The van der Waals surface area contributed by atoms with Crippen molar-refractivity contribution >= 4 is 27.5 Å². The van der Waals surface area contributed by atoms with Gasteiger partial charge in [0.05, 0.1) is 11.1 Å². The Balaban J connectivity index is 1.82.